The Morgan fingerprint density at radius 3 is 2.45 bits per heavy atom. The van der Waals surface area contributed by atoms with Gasteiger partial charge in [0, 0.05) is 25.7 Å². The Morgan fingerprint density at radius 1 is 1.23 bits per heavy atom. The number of amides is 1. The molecule has 0 atom stereocenters. The van der Waals surface area contributed by atoms with E-state index in [1.54, 1.807) is 12.1 Å². The molecule has 0 saturated heterocycles. The number of hydrogen-bond donors (Lipinski definition) is 2. The Morgan fingerprint density at radius 2 is 1.86 bits per heavy atom. The van der Waals surface area contributed by atoms with Crippen molar-refractivity contribution in [1.82, 2.24) is 9.62 Å². The Hall–Kier alpha value is -1.44. The van der Waals surface area contributed by atoms with Crippen molar-refractivity contribution in [2.24, 2.45) is 0 Å². The molecule has 22 heavy (non-hydrogen) atoms. The first-order valence-electron chi connectivity index (χ1n) is 7.32. The molecule has 122 valence electrons. The van der Waals surface area contributed by atoms with Crippen molar-refractivity contribution in [2.45, 2.75) is 42.7 Å². The molecule has 1 aliphatic carbocycles. The Labute approximate surface area is 131 Å². The Kier molecular flexibility index (Phi) is 5.20. The number of aliphatic hydroxyl groups is 1. The van der Waals surface area contributed by atoms with E-state index < -0.39 is 10.0 Å². The second kappa shape index (κ2) is 6.76. The second-order valence-corrected chi connectivity index (χ2v) is 7.95. The lowest BCUT2D eigenvalue weighted by atomic mass is 9.93. The molecule has 0 bridgehead atoms. The zero-order valence-corrected chi connectivity index (χ0v) is 13.6. The monoisotopic (exact) mass is 326 g/mol. The highest BCUT2D eigenvalue weighted by Gasteiger charge is 2.22. The topological polar surface area (TPSA) is 86.7 Å². The maximum absolute atomic E-state index is 12.3. The van der Waals surface area contributed by atoms with Crippen LogP contribution in [0.2, 0.25) is 0 Å². The smallest absolute Gasteiger partial charge is 0.251 e. The standard InChI is InChI=1S/C15H22N2O4S/c1-17(2)22(20,21)14-5-3-4-11(10-14)15(19)16-12-6-8-13(18)9-7-12/h3-5,10,12-13,18H,6-9H2,1-2H3,(H,16,19). The molecular weight excluding hydrogens is 304 g/mol. The normalized spacial score (nSPS) is 22.5. The van der Waals surface area contributed by atoms with E-state index in [0.717, 1.165) is 17.1 Å². The van der Waals surface area contributed by atoms with Crippen molar-refractivity contribution in [2.75, 3.05) is 14.1 Å². The highest BCUT2D eigenvalue weighted by atomic mass is 32.2. The number of rotatable bonds is 4. The molecule has 6 nitrogen and oxygen atoms in total. The summed E-state index contributed by atoms with van der Waals surface area (Å²) in [6, 6.07) is 6.06. The molecular formula is C15H22N2O4S. The zero-order valence-electron chi connectivity index (χ0n) is 12.8. The number of aliphatic hydroxyl groups excluding tert-OH is 1. The Bertz CT molecular complexity index is 635. The quantitative estimate of drug-likeness (QED) is 0.863. The van der Waals surface area contributed by atoms with Crippen molar-refractivity contribution in [3.63, 3.8) is 0 Å². The van der Waals surface area contributed by atoms with E-state index in [4.69, 9.17) is 0 Å². The predicted octanol–water partition coefficient (Wildman–Crippen LogP) is 0.970. The van der Waals surface area contributed by atoms with E-state index in [1.165, 1.54) is 26.2 Å². The van der Waals surface area contributed by atoms with E-state index in [9.17, 15) is 18.3 Å². The minimum Gasteiger partial charge on any atom is -0.393 e. The summed E-state index contributed by atoms with van der Waals surface area (Å²) < 4.78 is 25.3. The maximum Gasteiger partial charge on any atom is 0.251 e. The fourth-order valence-corrected chi connectivity index (χ4v) is 3.45. The summed E-state index contributed by atoms with van der Waals surface area (Å²) in [5.41, 5.74) is 0.328. The number of benzene rings is 1. The SMILES string of the molecule is CN(C)S(=O)(=O)c1cccc(C(=O)NC2CCC(O)CC2)c1. The van der Waals surface area contributed by atoms with E-state index in [0.29, 0.717) is 18.4 Å². The number of sulfonamides is 1. The van der Waals surface area contributed by atoms with Crippen LogP contribution in [0.1, 0.15) is 36.0 Å². The first kappa shape index (κ1) is 16.9. The van der Waals surface area contributed by atoms with Gasteiger partial charge < -0.3 is 10.4 Å². The average Bonchev–Trinajstić information content (AvgIpc) is 2.49. The molecule has 1 aromatic carbocycles. The van der Waals surface area contributed by atoms with Crippen LogP contribution < -0.4 is 5.32 Å². The van der Waals surface area contributed by atoms with Crippen LogP contribution in [0.5, 0.6) is 0 Å². The van der Waals surface area contributed by atoms with Crippen LogP contribution in [0.25, 0.3) is 0 Å². The molecule has 1 aliphatic rings. The van der Waals surface area contributed by atoms with Crippen LogP contribution in [-0.2, 0) is 10.0 Å². The number of hydrogen-bond acceptors (Lipinski definition) is 4. The van der Waals surface area contributed by atoms with Crippen molar-refractivity contribution in [1.29, 1.82) is 0 Å². The fourth-order valence-electron chi connectivity index (χ4n) is 2.50. The Balaban J connectivity index is 2.11. The van der Waals surface area contributed by atoms with E-state index in [-0.39, 0.29) is 22.9 Å². The third kappa shape index (κ3) is 3.85. The van der Waals surface area contributed by atoms with Gasteiger partial charge in [-0.15, -0.1) is 0 Å². The van der Waals surface area contributed by atoms with Gasteiger partial charge in [-0.05, 0) is 43.9 Å². The van der Waals surface area contributed by atoms with Crippen molar-refractivity contribution in [3.05, 3.63) is 29.8 Å². The summed E-state index contributed by atoms with van der Waals surface area (Å²) in [4.78, 5) is 12.4. The molecule has 0 aliphatic heterocycles. The van der Waals surface area contributed by atoms with Gasteiger partial charge in [-0.1, -0.05) is 6.07 Å². The van der Waals surface area contributed by atoms with Gasteiger partial charge in [-0.25, -0.2) is 12.7 Å². The minimum absolute atomic E-state index is 0.0324. The van der Waals surface area contributed by atoms with Gasteiger partial charge in [0.25, 0.3) is 5.91 Å². The van der Waals surface area contributed by atoms with Crippen LogP contribution in [0.15, 0.2) is 29.2 Å². The number of carbonyl (C=O) groups is 1. The van der Waals surface area contributed by atoms with E-state index >= 15 is 0 Å². The molecule has 0 radical (unpaired) electrons. The van der Waals surface area contributed by atoms with E-state index in [1.807, 2.05) is 0 Å². The molecule has 0 spiro atoms. The van der Waals surface area contributed by atoms with E-state index in [2.05, 4.69) is 5.32 Å². The summed E-state index contributed by atoms with van der Waals surface area (Å²) in [5.74, 6) is -0.280. The second-order valence-electron chi connectivity index (χ2n) is 5.79. The lowest BCUT2D eigenvalue weighted by Gasteiger charge is -2.26. The fraction of sp³-hybridized carbons (Fsp3) is 0.533. The van der Waals surface area contributed by atoms with Gasteiger partial charge in [0.15, 0.2) is 0 Å². The number of nitrogens with zero attached hydrogens (tertiary/aromatic N) is 1. The highest BCUT2D eigenvalue weighted by Crippen LogP contribution is 2.19. The molecule has 2 rings (SSSR count). The van der Waals surface area contributed by atoms with Crippen molar-refractivity contribution in [3.8, 4) is 0 Å². The largest absolute Gasteiger partial charge is 0.393 e. The van der Waals surface area contributed by atoms with Crippen LogP contribution >= 0.6 is 0 Å². The van der Waals surface area contributed by atoms with Gasteiger partial charge >= 0.3 is 0 Å². The summed E-state index contributed by atoms with van der Waals surface area (Å²) >= 11 is 0. The molecule has 1 saturated carbocycles. The third-order valence-corrected chi connectivity index (χ3v) is 5.72. The summed E-state index contributed by atoms with van der Waals surface area (Å²) in [7, 11) is -0.645. The molecule has 2 N–H and O–H groups in total. The lowest BCUT2D eigenvalue weighted by molar-refractivity contribution is 0.0867. The first-order valence-corrected chi connectivity index (χ1v) is 8.76. The lowest BCUT2D eigenvalue weighted by Crippen LogP contribution is -2.38. The molecule has 7 heteroatoms. The molecule has 0 unspecified atom stereocenters. The van der Waals surface area contributed by atoms with Gasteiger partial charge in [0.1, 0.15) is 0 Å². The summed E-state index contributed by atoms with van der Waals surface area (Å²) in [6.45, 7) is 0. The molecule has 1 amide bonds. The maximum atomic E-state index is 12.3. The van der Waals surface area contributed by atoms with Gasteiger partial charge in [-0.3, -0.25) is 4.79 Å². The van der Waals surface area contributed by atoms with Crippen LogP contribution in [0.3, 0.4) is 0 Å². The molecule has 1 aromatic rings. The molecule has 1 fully saturated rings. The van der Waals surface area contributed by atoms with Gasteiger partial charge in [-0.2, -0.15) is 0 Å². The van der Waals surface area contributed by atoms with Gasteiger partial charge in [0.2, 0.25) is 10.0 Å². The average molecular weight is 326 g/mol. The molecule has 0 aromatic heterocycles. The summed E-state index contributed by atoms with van der Waals surface area (Å²) in [6.07, 6.45) is 2.56. The van der Waals surface area contributed by atoms with Crippen molar-refractivity contribution < 1.29 is 18.3 Å². The molecule has 0 heterocycles. The van der Waals surface area contributed by atoms with Crippen LogP contribution in [0, 0.1) is 0 Å². The van der Waals surface area contributed by atoms with Crippen LogP contribution in [0.4, 0.5) is 0 Å². The first-order chi connectivity index (χ1) is 10.3. The highest BCUT2D eigenvalue weighted by molar-refractivity contribution is 7.89. The zero-order chi connectivity index (χ0) is 16.3. The van der Waals surface area contributed by atoms with Crippen molar-refractivity contribution >= 4 is 15.9 Å². The van der Waals surface area contributed by atoms with Gasteiger partial charge in [0.05, 0.1) is 11.0 Å². The summed E-state index contributed by atoms with van der Waals surface area (Å²) in [5, 5.41) is 12.4. The minimum atomic E-state index is -3.55. The third-order valence-electron chi connectivity index (χ3n) is 3.91. The number of carbonyl (C=O) groups excluding carboxylic acids is 1. The number of nitrogens with one attached hydrogen (secondary N) is 1. The predicted molar refractivity (Wildman–Crippen MR) is 83.0 cm³/mol. The van der Waals surface area contributed by atoms with Crippen LogP contribution in [-0.4, -0.2) is 50.0 Å².